The van der Waals surface area contributed by atoms with Crippen LogP contribution < -0.4 is 15.8 Å². The predicted octanol–water partition coefficient (Wildman–Crippen LogP) is 3.78. The summed E-state index contributed by atoms with van der Waals surface area (Å²) >= 11 is 0. The molecule has 6 N–H and O–H groups in total. The number of amides is 1. The number of alkyl halides is 3. The van der Waals surface area contributed by atoms with Crippen LogP contribution in [0.15, 0.2) is 61.1 Å². The molecule has 0 radical (unpaired) electrons. The van der Waals surface area contributed by atoms with Gasteiger partial charge in [0, 0.05) is 43.0 Å². The summed E-state index contributed by atoms with van der Waals surface area (Å²) < 4.78 is 55.6. The van der Waals surface area contributed by atoms with Gasteiger partial charge in [-0.2, -0.15) is 13.2 Å². The summed E-state index contributed by atoms with van der Waals surface area (Å²) in [7, 11) is 0. The van der Waals surface area contributed by atoms with Gasteiger partial charge in [-0.15, -0.1) is 0 Å². The van der Waals surface area contributed by atoms with Crippen LogP contribution in [0.2, 0.25) is 0 Å². The Morgan fingerprint density at radius 3 is 2.62 bits per heavy atom. The van der Waals surface area contributed by atoms with Crippen LogP contribution in [0.1, 0.15) is 64.1 Å². The Morgan fingerprint density at radius 2 is 1.96 bits per heavy atom. The van der Waals surface area contributed by atoms with Gasteiger partial charge in [-0.3, -0.25) is 9.59 Å². The Bertz CT molecular complexity index is 1430. The standard InChI is InChI=1S/C35H47F3N4O8/c1-21(2)49-32(45)12-7-5-4-6-11-28-27(14-13-25(43)19-48-26-10-8-9-23(15-26)35(36,37)38)30(44)17-31(28)50-34(47)29(42-33(46)22(3)39)16-24-18-40-20-41-24/h4,6,8-10,13-15,18,20-22,25,27-31,43-44H,5,7,11-12,16-17,19,39H2,1-3H3,(H,40,41)(H,42,46)/b6-4-,14-13+/t22?,25-,27-,28-,29?,30-,31+/m1/s1. The topological polar surface area (TPSA) is 186 Å². The highest BCUT2D eigenvalue weighted by atomic mass is 19.4. The minimum Gasteiger partial charge on any atom is -0.491 e. The number of esters is 2. The van der Waals surface area contributed by atoms with Crippen LogP contribution >= 0.6 is 0 Å². The summed E-state index contributed by atoms with van der Waals surface area (Å²) in [4.78, 5) is 44.6. The Labute approximate surface area is 289 Å². The number of H-pyrrole nitrogens is 1. The first-order valence-electron chi connectivity index (χ1n) is 16.6. The van der Waals surface area contributed by atoms with Crippen molar-refractivity contribution in [2.24, 2.45) is 17.6 Å². The first kappa shape index (κ1) is 40.2. The number of aromatic nitrogens is 2. The van der Waals surface area contributed by atoms with Gasteiger partial charge in [0.1, 0.15) is 30.6 Å². The van der Waals surface area contributed by atoms with Crippen LogP contribution in [0.3, 0.4) is 0 Å². The monoisotopic (exact) mass is 708 g/mol. The van der Waals surface area contributed by atoms with E-state index in [4.69, 9.17) is 19.9 Å². The number of unbranched alkanes of at least 4 members (excludes halogenated alkanes) is 1. The maximum atomic E-state index is 13.5. The first-order valence-corrected chi connectivity index (χ1v) is 16.6. The van der Waals surface area contributed by atoms with Crippen molar-refractivity contribution < 1.29 is 52.0 Å². The lowest BCUT2D eigenvalue weighted by Crippen LogP contribution is -2.49. The van der Waals surface area contributed by atoms with Gasteiger partial charge in [0.25, 0.3) is 0 Å². The summed E-state index contributed by atoms with van der Waals surface area (Å²) in [5, 5.41) is 24.2. The molecule has 1 aliphatic rings. The Hall–Kier alpha value is -4.21. The van der Waals surface area contributed by atoms with Gasteiger partial charge in [0.2, 0.25) is 5.91 Å². The molecule has 2 aromatic rings. The number of allylic oxidation sites excluding steroid dienone is 2. The molecular weight excluding hydrogens is 661 g/mol. The molecule has 0 aliphatic heterocycles. The smallest absolute Gasteiger partial charge is 0.416 e. The van der Waals surface area contributed by atoms with Crippen LogP contribution in [0.5, 0.6) is 5.75 Å². The molecule has 1 aliphatic carbocycles. The SMILES string of the molecule is CC(C)OC(=O)CCC/C=C\C[C@@H]1[C@@H](/C=C/[C@@H](O)COc2cccc(C(F)(F)F)c2)[C@H](O)C[C@@H]1OC(=O)C(Cc1cnc[nH]1)NC(=O)C(C)N. The van der Waals surface area contributed by atoms with Crippen LogP contribution in [-0.2, 0) is 36.5 Å². The van der Waals surface area contributed by atoms with Crippen molar-refractivity contribution in [1.29, 1.82) is 0 Å². The van der Waals surface area contributed by atoms with Crippen LogP contribution in [0.25, 0.3) is 0 Å². The molecule has 50 heavy (non-hydrogen) atoms. The second-order valence-corrected chi connectivity index (χ2v) is 12.6. The molecule has 1 aromatic carbocycles. The number of nitrogens with one attached hydrogen (secondary N) is 2. The Morgan fingerprint density at radius 1 is 1.20 bits per heavy atom. The number of nitrogens with zero attached hydrogens (tertiary/aromatic N) is 1. The number of halogens is 3. The zero-order valence-electron chi connectivity index (χ0n) is 28.3. The normalized spacial score (nSPS) is 21.3. The summed E-state index contributed by atoms with van der Waals surface area (Å²) in [5.41, 5.74) is 5.40. The molecule has 2 unspecified atom stereocenters. The second-order valence-electron chi connectivity index (χ2n) is 12.6. The van der Waals surface area contributed by atoms with Gasteiger partial charge in [-0.25, -0.2) is 9.78 Å². The molecule has 1 saturated carbocycles. The molecule has 276 valence electrons. The number of rotatable bonds is 18. The molecular formula is C35H47F3N4O8. The zero-order chi connectivity index (χ0) is 36.8. The van der Waals surface area contributed by atoms with E-state index in [1.54, 1.807) is 19.9 Å². The highest BCUT2D eigenvalue weighted by Crippen LogP contribution is 2.39. The fourth-order valence-corrected chi connectivity index (χ4v) is 5.48. The largest absolute Gasteiger partial charge is 0.491 e. The first-order chi connectivity index (χ1) is 23.6. The molecule has 0 bridgehead atoms. The fraction of sp³-hybridized carbons (Fsp3) is 0.543. The van der Waals surface area contributed by atoms with E-state index in [2.05, 4.69) is 15.3 Å². The van der Waals surface area contributed by atoms with Crippen LogP contribution in [0, 0.1) is 11.8 Å². The summed E-state index contributed by atoms with van der Waals surface area (Å²) in [6.07, 6.45) is 3.78. The van der Waals surface area contributed by atoms with E-state index in [-0.39, 0.29) is 43.7 Å². The van der Waals surface area contributed by atoms with E-state index in [0.717, 1.165) is 12.1 Å². The van der Waals surface area contributed by atoms with E-state index < -0.39 is 65.8 Å². The lowest BCUT2D eigenvalue weighted by atomic mass is 9.89. The third-order valence-electron chi connectivity index (χ3n) is 7.98. The molecule has 7 atom stereocenters. The van der Waals surface area contributed by atoms with Crippen LogP contribution in [-0.4, -0.2) is 81.1 Å². The van der Waals surface area contributed by atoms with Gasteiger partial charge in [-0.1, -0.05) is 30.4 Å². The lowest BCUT2D eigenvalue weighted by molar-refractivity contribution is -0.155. The van der Waals surface area contributed by atoms with Crippen molar-refractivity contribution in [3.8, 4) is 5.75 Å². The number of aliphatic hydroxyl groups excluding tert-OH is 2. The van der Waals surface area contributed by atoms with Crippen molar-refractivity contribution in [1.82, 2.24) is 15.3 Å². The van der Waals surface area contributed by atoms with Crippen molar-refractivity contribution in [2.45, 2.75) is 102 Å². The fourth-order valence-electron chi connectivity index (χ4n) is 5.48. The van der Waals surface area contributed by atoms with Crippen molar-refractivity contribution in [3.05, 3.63) is 72.4 Å². The van der Waals surface area contributed by atoms with Crippen molar-refractivity contribution >= 4 is 17.8 Å². The van der Waals surface area contributed by atoms with E-state index in [9.17, 15) is 37.8 Å². The molecule has 12 nitrogen and oxygen atoms in total. The molecule has 3 rings (SSSR count). The zero-order valence-corrected chi connectivity index (χ0v) is 28.3. The molecule has 15 heteroatoms. The van der Waals surface area contributed by atoms with Crippen molar-refractivity contribution in [2.75, 3.05) is 6.61 Å². The number of nitrogens with two attached hydrogens (primary N) is 1. The van der Waals surface area contributed by atoms with Gasteiger partial charge in [0.05, 0.1) is 30.1 Å². The number of carbonyl (C=O) groups excluding carboxylic acids is 3. The van der Waals surface area contributed by atoms with E-state index in [0.29, 0.717) is 25.0 Å². The minimum atomic E-state index is -4.55. The molecule has 1 amide bonds. The average molecular weight is 709 g/mol. The summed E-state index contributed by atoms with van der Waals surface area (Å²) in [6, 6.07) is 2.31. The van der Waals surface area contributed by atoms with Gasteiger partial charge in [0.15, 0.2) is 0 Å². The summed E-state index contributed by atoms with van der Waals surface area (Å²) in [5.74, 6) is -2.70. The molecule has 0 spiro atoms. The van der Waals surface area contributed by atoms with E-state index >= 15 is 0 Å². The van der Waals surface area contributed by atoms with Crippen molar-refractivity contribution in [3.63, 3.8) is 0 Å². The molecule has 0 saturated heterocycles. The molecule has 1 fully saturated rings. The highest BCUT2D eigenvalue weighted by Gasteiger charge is 2.43. The minimum absolute atomic E-state index is 0.0534. The number of benzene rings is 1. The van der Waals surface area contributed by atoms with Gasteiger partial charge < -0.3 is 40.5 Å². The molecule has 1 heterocycles. The van der Waals surface area contributed by atoms with Crippen LogP contribution in [0.4, 0.5) is 13.2 Å². The van der Waals surface area contributed by atoms with E-state index in [1.807, 2.05) is 12.2 Å². The average Bonchev–Trinajstić information content (AvgIpc) is 3.66. The maximum Gasteiger partial charge on any atom is 0.416 e. The molecule has 1 aromatic heterocycles. The second kappa shape index (κ2) is 19.3. The van der Waals surface area contributed by atoms with E-state index in [1.165, 1.54) is 37.7 Å². The highest BCUT2D eigenvalue weighted by molar-refractivity contribution is 5.87. The Kier molecular flexibility index (Phi) is 15.5. The Balaban J connectivity index is 1.72. The number of carbonyl (C=O) groups is 3. The third-order valence-corrected chi connectivity index (χ3v) is 7.98. The third kappa shape index (κ3) is 13.2. The van der Waals surface area contributed by atoms with Gasteiger partial charge >= 0.3 is 18.1 Å². The number of aliphatic hydroxyl groups is 2. The number of hydrogen-bond acceptors (Lipinski definition) is 10. The number of hydrogen-bond donors (Lipinski definition) is 5. The van der Waals surface area contributed by atoms with Gasteiger partial charge in [-0.05, 0) is 58.2 Å². The number of imidazole rings is 1. The number of aromatic amines is 1. The maximum absolute atomic E-state index is 13.5. The predicted molar refractivity (Wildman–Crippen MR) is 176 cm³/mol. The summed E-state index contributed by atoms with van der Waals surface area (Å²) in [6.45, 7) is 4.68. The lowest BCUT2D eigenvalue weighted by Gasteiger charge is -2.25. The number of ether oxygens (including phenoxy) is 3. The quantitative estimate of drug-likeness (QED) is 0.0867.